The van der Waals surface area contributed by atoms with Crippen LogP contribution in [0.3, 0.4) is 0 Å². The summed E-state index contributed by atoms with van der Waals surface area (Å²) in [5, 5.41) is 5.68. The quantitative estimate of drug-likeness (QED) is 0.341. The monoisotopic (exact) mass is 282 g/mol. The Balaban J connectivity index is 1.64. The van der Waals surface area contributed by atoms with Gasteiger partial charge in [-0.15, -0.1) is 0 Å². The SMILES string of the molecule is O=C(NCc1ccco1)C(=O)NNC(=S)NC1CC1. The molecule has 2 amide bonds. The van der Waals surface area contributed by atoms with E-state index in [1.54, 1.807) is 12.1 Å². The van der Waals surface area contributed by atoms with Gasteiger partial charge in [0, 0.05) is 6.04 Å². The molecular weight excluding hydrogens is 268 g/mol. The Bertz CT molecular complexity index is 470. The van der Waals surface area contributed by atoms with Crippen molar-refractivity contribution in [3.8, 4) is 0 Å². The van der Waals surface area contributed by atoms with Gasteiger partial charge in [0.15, 0.2) is 5.11 Å². The fourth-order valence-electron chi connectivity index (χ4n) is 1.28. The summed E-state index contributed by atoms with van der Waals surface area (Å²) in [5.41, 5.74) is 4.67. The molecule has 7 nitrogen and oxygen atoms in total. The molecule has 102 valence electrons. The summed E-state index contributed by atoms with van der Waals surface area (Å²) >= 11 is 4.92. The van der Waals surface area contributed by atoms with Crippen molar-refractivity contribution in [3.63, 3.8) is 0 Å². The molecule has 2 rings (SSSR count). The first-order valence-corrected chi connectivity index (χ1v) is 6.23. The highest BCUT2D eigenvalue weighted by Gasteiger charge is 2.22. The normalized spacial score (nSPS) is 13.5. The molecule has 1 aliphatic carbocycles. The van der Waals surface area contributed by atoms with Crippen molar-refractivity contribution in [1.82, 2.24) is 21.5 Å². The van der Waals surface area contributed by atoms with Gasteiger partial charge in [0.05, 0.1) is 12.8 Å². The van der Waals surface area contributed by atoms with Gasteiger partial charge in [-0.1, -0.05) is 0 Å². The molecular formula is C11H14N4O3S. The van der Waals surface area contributed by atoms with E-state index in [2.05, 4.69) is 21.5 Å². The molecule has 4 N–H and O–H groups in total. The van der Waals surface area contributed by atoms with Crippen LogP contribution in [0.2, 0.25) is 0 Å². The molecule has 8 heteroatoms. The van der Waals surface area contributed by atoms with Crippen molar-refractivity contribution in [2.75, 3.05) is 0 Å². The second kappa shape index (κ2) is 6.19. The molecule has 1 heterocycles. The summed E-state index contributed by atoms with van der Waals surface area (Å²) in [7, 11) is 0. The highest BCUT2D eigenvalue weighted by Crippen LogP contribution is 2.18. The minimum atomic E-state index is -0.813. The number of furan rings is 1. The number of thiocarbonyl (C=S) groups is 1. The molecule has 1 fully saturated rings. The lowest BCUT2D eigenvalue weighted by atomic mass is 10.4. The Hall–Kier alpha value is -2.09. The third kappa shape index (κ3) is 4.59. The number of amides is 2. The van der Waals surface area contributed by atoms with E-state index in [0.717, 1.165) is 12.8 Å². The van der Waals surface area contributed by atoms with Crippen molar-refractivity contribution < 1.29 is 14.0 Å². The van der Waals surface area contributed by atoms with E-state index >= 15 is 0 Å². The van der Waals surface area contributed by atoms with Crippen LogP contribution in [0.5, 0.6) is 0 Å². The topological polar surface area (TPSA) is 95.4 Å². The standard InChI is InChI=1S/C11H14N4O3S/c16-9(12-6-8-2-1-5-18-8)10(17)14-15-11(19)13-7-3-4-7/h1-2,5,7H,3-4,6H2,(H,12,16)(H,14,17)(H2,13,15,19). The van der Waals surface area contributed by atoms with Crippen LogP contribution in [-0.4, -0.2) is 23.0 Å². The van der Waals surface area contributed by atoms with Gasteiger partial charge >= 0.3 is 11.8 Å². The third-order valence-electron chi connectivity index (χ3n) is 2.41. The van der Waals surface area contributed by atoms with Crippen LogP contribution in [0.15, 0.2) is 22.8 Å². The Morgan fingerprint density at radius 1 is 1.32 bits per heavy atom. The minimum absolute atomic E-state index is 0.157. The van der Waals surface area contributed by atoms with E-state index in [-0.39, 0.29) is 6.54 Å². The number of carbonyl (C=O) groups is 2. The first-order chi connectivity index (χ1) is 9.15. The summed E-state index contributed by atoms with van der Waals surface area (Å²) in [6.45, 7) is 0.157. The summed E-state index contributed by atoms with van der Waals surface area (Å²) < 4.78 is 5.02. The number of hydrazine groups is 1. The Kier molecular flexibility index (Phi) is 4.35. The number of nitrogens with one attached hydrogen (secondary N) is 4. The predicted molar refractivity (Wildman–Crippen MR) is 70.6 cm³/mol. The largest absolute Gasteiger partial charge is 0.467 e. The van der Waals surface area contributed by atoms with E-state index in [0.29, 0.717) is 16.9 Å². The van der Waals surface area contributed by atoms with E-state index in [9.17, 15) is 9.59 Å². The number of rotatable bonds is 3. The Morgan fingerprint density at radius 3 is 2.74 bits per heavy atom. The van der Waals surface area contributed by atoms with Crippen LogP contribution in [0.1, 0.15) is 18.6 Å². The van der Waals surface area contributed by atoms with Crippen LogP contribution < -0.4 is 21.5 Å². The average Bonchev–Trinajstić information content (AvgIpc) is 3.05. The molecule has 1 aromatic heterocycles. The molecule has 19 heavy (non-hydrogen) atoms. The smallest absolute Gasteiger partial charge is 0.327 e. The van der Waals surface area contributed by atoms with Gasteiger partial charge in [-0.05, 0) is 37.2 Å². The van der Waals surface area contributed by atoms with E-state index < -0.39 is 11.8 Å². The molecule has 1 saturated carbocycles. The molecule has 1 aliphatic rings. The maximum atomic E-state index is 11.4. The zero-order chi connectivity index (χ0) is 13.7. The average molecular weight is 282 g/mol. The molecule has 0 spiro atoms. The highest BCUT2D eigenvalue weighted by atomic mass is 32.1. The lowest BCUT2D eigenvalue weighted by Gasteiger charge is -2.10. The maximum Gasteiger partial charge on any atom is 0.327 e. The van der Waals surface area contributed by atoms with E-state index in [1.165, 1.54) is 6.26 Å². The van der Waals surface area contributed by atoms with Crippen LogP contribution >= 0.6 is 12.2 Å². The first kappa shape index (κ1) is 13.3. The van der Waals surface area contributed by atoms with Gasteiger partial charge in [-0.25, -0.2) is 0 Å². The van der Waals surface area contributed by atoms with Gasteiger partial charge in [0.25, 0.3) is 0 Å². The van der Waals surface area contributed by atoms with Crippen molar-refractivity contribution in [2.45, 2.75) is 25.4 Å². The second-order valence-electron chi connectivity index (χ2n) is 4.09. The van der Waals surface area contributed by atoms with Gasteiger partial charge < -0.3 is 15.1 Å². The van der Waals surface area contributed by atoms with E-state index in [4.69, 9.17) is 16.6 Å². The summed E-state index contributed by atoms with van der Waals surface area (Å²) in [6, 6.07) is 3.78. The summed E-state index contributed by atoms with van der Waals surface area (Å²) in [5.74, 6) is -1.01. The van der Waals surface area contributed by atoms with Crippen LogP contribution in [0.25, 0.3) is 0 Å². The zero-order valence-corrected chi connectivity index (χ0v) is 10.9. The molecule has 0 aliphatic heterocycles. The molecule has 0 radical (unpaired) electrons. The Morgan fingerprint density at radius 2 is 2.11 bits per heavy atom. The van der Waals surface area contributed by atoms with Crippen molar-refractivity contribution in [2.24, 2.45) is 0 Å². The molecule has 0 saturated heterocycles. The van der Waals surface area contributed by atoms with Gasteiger partial charge in [0.2, 0.25) is 0 Å². The summed E-state index contributed by atoms with van der Waals surface area (Å²) in [6.07, 6.45) is 3.63. The second-order valence-corrected chi connectivity index (χ2v) is 4.50. The number of hydrogen-bond donors (Lipinski definition) is 4. The molecule has 0 aromatic carbocycles. The molecule has 0 bridgehead atoms. The van der Waals surface area contributed by atoms with E-state index in [1.807, 2.05) is 0 Å². The lowest BCUT2D eigenvalue weighted by molar-refractivity contribution is -0.139. The number of hydrogen-bond acceptors (Lipinski definition) is 4. The van der Waals surface area contributed by atoms with Crippen LogP contribution in [0, 0.1) is 0 Å². The lowest BCUT2D eigenvalue weighted by Crippen LogP contribution is -2.51. The molecule has 0 atom stereocenters. The fraction of sp³-hybridized carbons (Fsp3) is 0.364. The van der Waals surface area contributed by atoms with Crippen LogP contribution in [0.4, 0.5) is 0 Å². The number of carbonyl (C=O) groups excluding carboxylic acids is 2. The van der Waals surface area contributed by atoms with Gasteiger partial charge in [-0.3, -0.25) is 20.4 Å². The minimum Gasteiger partial charge on any atom is -0.467 e. The highest BCUT2D eigenvalue weighted by molar-refractivity contribution is 7.80. The first-order valence-electron chi connectivity index (χ1n) is 5.82. The molecule has 1 aromatic rings. The third-order valence-corrected chi connectivity index (χ3v) is 2.63. The van der Waals surface area contributed by atoms with Crippen molar-refractivity contribution in [1.29, 1.82) is 0 Å². The predicted octanol–water partition coefficient (Wildman–Crippen LogP) is -0.446. The fourth-order valence-corrected chi connectivity index (χ4v) is 1.50. The van der Waals surface area contributed by atoms with Crippen molar-refractivity contribution >= 4 is 29.1 Å². The molecule has 0 unspecified atom stereocenters. The van der Waals surface area contributed by atoms with Crippen LogP contribution in [-0.2, 0) is 16.1 Å². The van der Waals surface area contributed by atoms with Crippen molar-refractivity contribution in [3.05, 3.63) is 24.2 Å². The maximum absolute atomic E-state index is 11.4. The zero-order valence-electron chi connectivity index (χ0n) is 10.1. The van der Waals surface area contributed by atoms with Gasteiger partial charge in [0.1, 0.15) is 5.76 Å². The Labute approximate surface area is 115 Å². The van der Waals surface area contributed by atoms with Gasteiger partial charge in [-0.2, -0.15) is 0 Å². The summed E-state index contributed by atoms with van der Waals surface area (Å²) in [4.78, 5) is 22.8.